The normalized spacial score (nSPS) is 16.9. The van der Waals surface area contributed by atoms with Crippen LogP contribution in [0.4, 0.5) is 11.8 Å². The number of hydrogen-bond acceptors (Lipinski definition) is 9. The molecule has 0 radical (unpaired) electrons. The number of carbonyl (C=O) groups excluding carboxylic acids is 1. The summed E-state index contributed by atoms with van der Waals surface area (Å²) < 4.78 is 28.3. The van der Waals surface area contributed by atoms with E-state index in [9.17, 15) is 4.79 Å². The summed E-state index contributed by atoms with van der Waals surface area (Å²) >= 11 is 0. The van der Waals surface area contributed by atoms with Gasteiger partial charge in [0.25, 0.3) is 0 Å². The van der Waals surface area contributed by atoms with Crippen LogP contribution in [0, 0.1) is 0 Å². The molecule has 0 bridgehead atoms. The van der Waals surface area contributed by atoms with Crippen molar-refractivity contribution in [1.29, 1.82) is 0 Å². The molecule has 2 aromatic carbocycles. The van der Waals surface area contributed by atoms with Gasteiger partial charge in [0.2, 0.25) is 5.95 Å². The lowest BCUT2D eigenvalue weighted by Crippen LogP contribution is -2.44. The maximum atomic E-state index is 12.8. The molecule has 13 heteroatoms. The van der Waals surface area contributed by atoms with E-state index in [0.29, 0.717) is 37.3 Å². The largest absolute Gasteiger partial charge is 0.496 e. The number of nitrogens with zero attached hydrogens (tertiary/aromatic N) is 5. The van der Waals surface area contributed by atoms with E-state index < -0.39 is 16.4 Å². The average Bonchev–Trinajstić information content (AvgIpc) is 3.66. The number of carbonyl (C=O) groups is 1. The molecule has 1 fully saturated rings. The fraction of sp³-hybridized carbons (Fsp3) is 0.512. The quantitative estimate of drug-likeness (QED) is 0.0669. The van der Waals surface area contributed by atoms with Crippen molar-refractivity contribution in [3.05, 3.63) is 60.4 Å². The Morgan fingerprint density at radius 3 is 2.41 bits per heavy atom. The molecule has 1 saturated carbocycles. The van der Waals surface area contributed by atoms with Gasteiger partial charge in [0, 0.05) is 50.2 Å². The van der Waals surface area contributed by atoms with E-state index in [1.807, 2.05) is 42.1 Å². The molecule has 0 saturated heterocycles. The number of imidazole rings is 1. The molecule has 3 heterocycles. The Balaban J connectivity index is 1.39. The molecule has 0 amide bonds. The van der Waals surface area contributed by atoms with Crippen LogP contribution in [0.3, 0.4) is 0 Å². The molecule has 1 aliphatic carbocycles. The van der Waals surface area contributed by atoms with Crippen LogP contribution in [-0.2, 0) is 20.6 Å². The van der Waals surface area contributed by atoms with Crippen molar-refractivity contribution in [1.82, 2.24) is 24.3 Å². The maximum Gasteiger partial charge on any atom is 0.338 e. The third kappa shape index (κ3) is 8.74. The molecule has 54 heavy (non-hydrogen) atoms. The SMILES string of the molecule is CCOC(=O)c1ccc2c(c1)nc(Nc1nn(COCC[Si](C)(C)C)c3ccc(-c4cnccc4OC)cc13)n2[C@H]1CC[C@H](O[Si](C)(C)C(C)(C)C)CC1. The highest BCUT2D eigenvalue weighted by Gasteiger charge is 2.40. The average molecular weight is 771 g/mol. The molecule has 290 valence electrons. The van der Waals surface area contributed by atoms with Gasteiger partial charge in [-0.25, -0.2) is 14.5 Å². The topological polar surface area (TPSA) is 115 Å². The van der Waals surface area contributed by atoms with Gasteiger partial charge in [0.05, 0.1) is 35.8 Å². The van der Waals surface area contributed by atoms with Gasteiger partial charge in [-0.3, -0.25) is 4.98 Å². The molecular formula is C41H58N6O5Si2. The summed E-state index contributed by atoms with van der Waals surface area (Å²) in [5, 5.41) is 9.85. The van der Waals surface area contributed by atoms with Gasteiger partial charge in [-0.1, -0.05) is 46.5 Å². The van der Waals surface area contributed by atoms with E-state index in [1.54, 1.807) is 13.3 Å². The summed E-state index contributed by atoms with van der Waals surface area (Å²) in [6.45, 7) is 21.8. The summed E-state index contributed by atoms with van der Waals surface area (Å²) in [6.07, 6.45) is 7.64. The Hall–Kier alpha value is -4.05. The standard InChI is InChI=1S/C41H58N6O5Si2/c1-11-51-39(48)29-13-19-36-34(25-29)43-40(47(36)30-14-16-31(17-15-30)52-54(9,10)41(2,3)4)44-38-32-24-28(33-26-42-21-20-37(33)49-5)12-18-35(32)46(45-38)27-50-22-23-53(6,7)8/h12-13,18-21,24-26,30-31H,11,14-17,22-23,27H2,1-10H3,(H,43,44,45)/t30-,31-. The van der Waals surface area contributed by atoms with Crippen LogP contribution < -0.4 is 10.1 Å². The Bertz CT molecular complexity index is 2090. The fourth-order valence-electron chi connectivity index (χ4n) is 6.86. The number of fused-ring (bicyclic) bond motifs is 2. The van der Waals surface area contributed by atoms with Crippen LogP contribution in [0.1, 0.15) is 69.8 Å². The van der Waals surface area contributed by atoms with Crippen molar-refractivity contribution in [2.75, 3.05) is 25.6 Å². The lowest BCUT2D eigenvalue weighted by Gasteiger charge is -2.41. The van der Waals surface area contributed by atoms with Crippen molar-refractivity contribution < 1.29 is 23.4 Å². The molecule has 11 nitrogen and oxygen atoms in total. The molecule has 1 aliphatic rings. The smallest absolute Gasteiger partial charge is 0.338 e. The lowest BCUT2D eigenvalue weighted by atomic mass is 9.93. The molecule has 0 atom stereocenters. The number of rotatable bonds is 14. The van der Waals surface area contributed by atoms with Crippen molar-refractivity contribution >= 4 is 56.1 Å². The van der Waals surface area contributed by atoms with Crippen LogP contribution >= 0.6 is 0 Å². The second kappa shape index (κ2) is 16.0. The molecular weight excluding hydrogens is 713 g/mol. The van der Waals surface area contributed by atoms with Gasteiger partial charge in [-0.05, 0) is 98.7 Å². The summed E-state index contributed by atoms with van der Waals surface area (Å²) in [4.78, 5) is 22.3. The number of esters is 1. The van der Waals surface area contributed by atoms with Gasteiger partial charge in [-0.15, -0.1) is 0 Å². The minimum absolute atomic E-state index is 0.158. The van der Waals surface area contributed by atoms with Crippen LogP contribution in [0.15, 0.2) is 54.9 Å². The number of nitrogens with one attached hydrogen (secondary N) is 1. The number of benzene rings is 2. The summed E-state index contributed by atoms with van der Waals surface area (Å²) in [5.74, 6) is 1.73. The van der Waals surface area contributed by atoms with Crippen LogP contribution in [0.5, 0.6) is 5.75 Å². The molecule has 0 aliphatic heterocycles. The van der Waals surface area contributed by atoms with Gasteiger partial charge in [0.15, 0.2) is 14.1 Å². The van der Waals surface area contributed by atoms with Gasteiger partial charge in [-0.2, -0.15) is 5.10 Å². The predicted octanol–water partition coefficient (Wildman–Crippen LogP) is 10.2. The Kier molecular flexibility index (Phi) is 11.7. The Morgan fingerprint density at radius 2 is 1.72 bits per heavy atom. The van der Waals surface area contributed by atoms with Crippen molar-refractivity contribution in [2.45, 2.75) is 116 Å². The van der Waals surface area contributed by atoms with E-state index in [-0.39, 0.29) is 23.2 Å². The highest BCUT2D eigenvalue weighted by molar-refractivity contribution is 6.76. The zero-order valence-electron chi connectivity index (χ0n) is 33.8. The third-order valence-corrected chi connectivity index (χ3v) is 17.2. The first kappa shape index (κ1) is 39.6. The summed E-state index contributed by atoms with van der Waals surface area (Å²) in [5.41, 5.74) is 4.95. The number of anilines is 2. The second-order valence-electron chi connectivity index (χ2n) is 17.2. The highest BCUT2D eigenvalue weighted by atomic mass is 28.4. The number of pyridine rings is 1. The van der Waals surface area contributed by atoms with E-state index >= 15 is 0 Å². The minimum atomic E-state index is -1.90. The predicted molar refractivity (Wildman–Crippen MR) is 222 cm³/mol. The first-order valence-corrected chi connectivity index (χ1v) is 25.9. The van der Waals surface area contributed by atoms with Crippen molar-refractivity contribution in [2.24, 2.45) is 0 Å². The summed E-state index contributed by atoms with van der Waals surface area (Å²) in [6, 6.07) is 15.1. The van der Waals surface area contributed by atoms with Crippen LogP contribution in [-0.4, -0.2) is 73.1 Å². The van der Waals surface area contributed by atoms with Crippen molar-refractivity contribution in [3.63, 3.8) is 0 Å². The molecule has 3 aromatic heterocycles. The number of ether oxygens (including phenoxy) is 3. The Labute approximate surface area is 321 Å². The molecule has 1 N–H and O–H groups in total. The minimum Gasteiger partial charge on any atom is -0.496 e. The van der Waals surface area contributed by atoms with Gasteiger partial charge >= 0.3 is 5.97 Å². The van der Waals surface area contributed by atoms with Gasteiger partial charge in [0.1, 0.15) is 12.5 Å². The molecule has 0 unspecified atom stereocenters. The number of methoxy groups -OCH3 is 1. The maximum absolute atomic E-state index is 12.8. The van der Waals surface area contributed by atoms with Crippen molar-refractivity contribution in [3.8, 4) is 16.9 Å². The lowest BCUT2D eigenvalue weighted by molar-refractivity contribution is 0.0526. The third-order valence-electron chi connectivity index (χ3n) is 11.0. The number of aromatic nitrogens is 5. The zero-order valence-corrected chi connectivity index (χ0v) is 35.8. The molecule has 6 rings (SSSR count). The zero-order chi connectivity index (χ0) is 38.8. The van der Waals surface area contributed by atoms with Crippen LogP contribution in [0.2, 0.25) is 43.8 Å². The first-order chi connectivity index (χ1) is 25.6. The summed E-state index contributed by atoms with van der Waals surface area (Å²) in [7, 11) is -1.49. The Morgan fingerprint density at radius 1 is 0.981 bits per heavy atom. The van der Waals surface area contributed by atoms with E-state index in [1.165, 1.54) is 0 Å². The second-order valence-corrected chi connectivity index (χ2v) is 27.5. The molecule has 5 aromatic rings. The highest BCUT2D eigenvalue weighted by Crippen LogP contribution is 2.42. The van der Waals surface area contributed by atoms with E-state index in [2.05, 4.69) is 86.6 Å². The van der Waals surface area contributed by atoms with E-state index in [0.717, 1.165) is 70.5 Å². The monoisotopic (exact) mass is 770 g/mol. The fourth-order valence-corrected chi connectivity index (χ4v) is 9.04. The molecule has 0 spiro atoms. The number of hydrogen-bond donors (Lipinski definition) is 1. The van der Waals surface area contributed by atoms with E-state index in [4.69, 9.17) is 28.7 Å². The first-order valence-electron chi connectivity index (χ1n) is 19.3. The van der Waals surface area contributed by atoms with Gasteiger partial charge < -0.3 is 28.5 Å². The van der Waals surface area contributed by atoms with Crippen LogP contribution in [0.25, 0.3) is 33.1 Å².